The smallest absolute Gasteiger partial charge is 0.267 e. The van der Waals surface area contributed by atoms with Gasteiger partial charge in [0.1, 0.15) is 10.7 Å². The van der Waals surface area contributed by atoms with Crippen molar-refractivity contribution < 1.29 is 0 Å². The Bertz CT molecular complexity index is 956. The number of benzene rings is 1. The van der Waals surface area contributed by atoms with Crippen LogP contribution in [0.4, 0.5) is 0 Å². The molecule has 2 heterocycles. The third-order valence-electron chi connectivity index (χ3n) is 3.56. The molecule has 0 saturated heterocycles. The molecule has 6 heteroatoms. The van der Waals surface area contributed by atoms with Crippen LogP contribution in [0.1, 0.15) is 21.8 Å². The maximum Gasteiger partial charge on any atom is 0.283 e. The lowest BCUT2D eigenvalue weighted by Crippen LogP contribution is -2.20. The number of aryl methyl sites for hydroxylation is 3. The lowest BCUT2D eigenvalue weighted by atomic mass is 10.2. The highest BCUT2D eigenvalue weighted by Gasteiger charge is 2.14. The number of hydrogen-bond acceptors (Lipinski definition) is 4. The van der Waals surface area contributed by atoms with Crippen molar-refractivity contribution in [1.82, 2.24) is 9.66 Å². The fourth-order valence-electron chi connectivity index (χ4n) is 2.22. The summed E-state index contributed by atoms with van der Waals surface area (Å²) >= 11 is 3.81. The van der Waals surface area contributed by atoms with Crippen molar-refractivity contribution in [2.45, 2.75) is 20.8 Å². The molecule has 0 aliphatic rings. The first kappa shape index (κ1) is 15.4. The molecule has 1 aromatic carbocycles. The molecule has 0 aliphatic heterocycles. The normalized spacial score (nSPS) is 11.6. The minimum Gasteiger partial charge on any atom is -0.267 e. The lowest BCUT2D eigenvalue weighted by molar-refractivity contribution is 0.772. The molecule has 0 unspecified atom stereocenters. The SMILES string of the molecule is Cc1sc2nc(C)n(/N=C\c3ccccc3I)c(=O)c2c1C. The minimum atomic E-state index is -0.105. The first-order chi connectivity index (χ1) is 10.5. The van der Waals surface area contributed by atoms with Crippen LogP contribution in [0, 0.1) is 24.3 Å². The lowest BCUT2D eigenvalue weighted by Gasteiger charge is -2.04. The summed E-state index contributed by atoms with van der Waals surface area (Å²) in [6.45, 7) is 5.77. The average Bonchev–Trinajstić information content (AvgIpc) is 2.75. The predicted molar refractivity (Wildman–Crippen MR) is 100 cm³/mol. The van der Waals surface area contributed by atoms with Crippen molar-refractivity contribution >= 4 is 50.4 Å². The van der Waals surface area contributed by atoms with Crippen molar-refractivity contribution in [2.24, 2.45) is 5.10 Å². The van der Waals surface area contributed by atoms with Gasteiger partial charge < -0.3 is 0 Å². The van der Waals surface area contributed by atoms with E-state index in [-0.39, 0.29) is 5.56 Å². The molecule has 0 saturated carbocycles. The van der Waals surface area contributed by atoms with E-state index >= 15 is 0 Å². The van der Waals surface area contributed by atoms with Crippen LogP contribution < -0.4 is 5.56 Å². The van der Waals surface area contributed by atoms with Crippen LogP contribution in [0.3, 0.4) is 0 Å². The molecule has 0 aliphatic carbocycles. The fraction of sp³-hybridized carbons (Fsp3) is 0.188. The van der Waals surface area contributed by atoms with E-state index in [0.29, 0.717) is 11.2 Å². The summed E-state index contributed by atoms with van der Waals surface area (Å²) in [5, 5.41) is 5.03. The molecule has 3 aromatic rings. The van der Waals surface area contributed by atoms with E-state index in [4.69, 9.17) is 0 Å². The number of aromatic nitrogens is 2. The molecule has 4 nitrogen and oxygen atoms in total. The van der Waals surface area contributed by atoms with Crippen molar-refractivity contribution in [3.05, 3.63) is 60.0 Å². The molecular formula is C16H14IN3OS. The molecule has 112 valence electrons. The second-order valence-corrected chi connectivity index (χ2v) is 7.37. The summed E-state index contributed by atoms with van der Waals surface area (Å²) < 4.78 is 2.47. The Morgan fingerprint density at radius 3 is 2.73 bits per heavy atom. The molecular weight excluding hydrogens is 409 g/mol. The molecule has 2 aromatic heterocycles. The maximum atomic E-state index is 12.7. The van der Waals surface area contributed by atoms with E-state index in [0.717, 1.165) is 24.4 Å². The fourth-order valence-corrected chi connectivity index (χ4v) is 3.81. The third-order valence-corrected chi connectivity index (χ3v) is 5.64. The van der Waals surface area contributed by atoms with Crippen LogP contribution in [0.15, 0.2) is 34.2 Å². The van der Waals surface area contributed by atoms with Gasteiger partial charge in [-0.25, -0.2) is 4.98 Å². The molecule has 22 heavy (non-hydrogen) atoms. The average molecular weight is 423 g/mol. The van der Waals surface area contributed by atoms with Gasteiger partial charge in [-0.2, -0.15) is 9.78 Å². The molecule has 0 amide bonds. The summed E-state index contributed by atoms with van der Waals surface area (Å²) in [5.74, 6) is 0.598. The van der Waals surface area contributed by atoms with Gasteiger partial charge in [0, 0.05) is 14.0 Å². The highest BCUT2D eigenvalue weighted by atomic mass is 127. The van der Waals surface area contributed by atoms with Crippen LogP contribution in [-0.2, 0) is 0 Å². The summed E-state index contributed by atoms with van der Waals surface area (Å²) in [5.41, 5.74) is 1.87. The van der Waals surface area contributed by atoms with Gasteiger partial charge in [-0.15, -0.1) is 11.3 Å². The quantitative estimate of drug-likeness (QED) is 0.464. The Morgan fingerprint density at radius 1 is 1.27 bits per heavy atom. The molecule has 0 radical (unpaired) electrons. The third kappa shape index (κ3) is 2.61. The van der Waals surface area contributed by atoms with Gasteiger partial charge in [-0.1, -0.05) is 18.2 Å². The van der Waals surface area contributed by atoms with Crippen molar-refractivity contribution in [3.63, 3.8) is 0 Å². The number of nitrogens with zero attached hydrogens (tertiary/aromatic N) is 3. The van der Waals surface area contributed by atoms with Crippen LogP contribution in [-0.4, -0.2) is 15.9 Å². The van der Waals surface area contributed by atoms with Crippen molar-refractivity contribution in [1.29, 1.82) is 0 Å². The first-order valence-electron chi connectivity index (χ1n) is 6.77. The number of hydrogen-bond donors (Lipinski definition) is 0. The van der Waals surface area contributed by atoms with E-state index in [9.17, 15) is 4.79 Å². The van der Waals surface area contributed by atoms with Gasteiger partial charge >= 0.3 is 0 Å². The Balaban J connectivity index is 2.17. The largest absolute Gasteiger partial charge is 0.283 e. The summed E-state index contributed by atoms with van der Waals surface area (Å²) in [6.07, 6.45) is 1.71. The summed E-state index contributed by atoms with van der Waals surface area (Å²) in [6, 6.07) is 7.90. The van der Waals surface area contributed by atoms with Crippen LogP contribution in [0.5, 0.6) is 0 Å². The van der Waals surface area contributed by atoms with Crippen LogP contribution >= 0.6 is 33.9 Å². The molecule has 0 atom stereocenters. The topological polar surface area (TPSA) is 47.2 Å². The van der Waals surface area contributed by atoms with E-state index in [1.54, 1.807) is 24.5 Å². The molecule has 0 fully saturated rings. The van der Waals surface area contributed by atoms with Crippen molar-refractivity contribution in [3.8, 4) is 0 Å². The van der Waals surface area contributed by atoms with Gasteiger partial charge in [0.05, 0.1) is 11.6 Å². The second kappa shape index (κ2) is 5.92. The first-order valence-corrected chi connectivity index (χ1v) is 8.67. The zero-order chi connectivity index (χ0) is 15.9. The van der Waals surface area contributed by atoms with Crippen molar-refractivity contribution in [2.75, 3.05) is 0 Å². The molecule has 3 rings (SSSR count). The number of thiophene rings is 1. The van der Waals surface area contributed by atoms with Gasteiger partial charge in [0.15, 0.2) is 0 Å². The van der Waals surface area contributed by atoms with E-state index in [2.05, 4.69) is 32.7 Å². The molecule has 0 bridgehead atoms. The van der Waals surface area contributed by atoms with Gasteiger partial charge in [-0.3, -0.25) is 4.79 Å². The predicted octanol–water partition coefficient (Wildman–Crippen LogP) is 3.87. The number of rotatable bonds is 2. The van der Waals surface area contributed by atoms with Gasteiger partial charge in [-0.05, 0) is 55.0 Å². The molecule has 0 spiro atoms. The van der Waals surface area contributed by atoms with Crippen LogP contribution in [0.25, 0.3) is 10.2 Å². The van der Waals surface area contributed by atoms with E-state index < -0.39 is 0 Å². The highest BCUT2D eigenvalue weighted by molar-refractivity contribution is 14.1. The summed E-state index contributed by atoms with van der Waals surface area (Å²) in [4.78, 5) is 19.1. The monoisotopic (exact) mass is 423 g/mol. The number of halogens is 1. The molecule has 0 N–H and O–H groups in total. The Kier molecular flexibility index (Phi) is 4.14. The zero-order valence-corrected chi connectivity index (χ0v) is 15.4. The minimum absolute atomic E-state index is 0.105. The standard InChI is InChI=1S/C16H14IN3OS/c1-9-10(2)22-15-14(9)16(21)20(11(3)19-15)18-8-12-6-4-5-7-13(12)17/h4-8H,1-3H3/b18-8-. The van der Waals surface area contributed by atoms with Gasteiger partial charge in [0.25, 0.3) is 5.56 Å². The van der Waals surface area contributed by atoms with E-state index in [1.807, 2.05) is 38.1 Å². The Hall–Kier alpha value is -1.54. The Morgan fingerprint density at radius 2 is 2.00 bits per heavy atom. The summed E-state index contributed by atoms with van der Waals surface area (Å²) in [7, 11) is 0. The van der Waals surface area contributed by atoms with Gasteiger partial charge in [0.2, 0.25) is 0 Å². The van der Waals surface area contributed by atoms with Crippen LogP contribution in [0.2, 0.25) is 0 Å². The second-order valence-electron chi connectivity index (χ2n) is 5.01. The van der Waals surface area contributed by atoms with E-state index in [1.165, 1.54) is 4.68 Å². The zero-order valence-electron chi connectivity index (χ0n) is 12.4. The highest BCUT2D eigenvalue weighted by Crippen LogP contribution is 2.26. The maximum absolute atomic E-state index is 12.7. The Labute approximate surface area is 145 Å². The number of fused-ring (bicyclic) bond motifs is 1.